The lowest BCUT2D eigenvalue weighted by Gasteiger charge is -2.20. The van der Waals surface area contributed by atoms with Gasteiger partial charge in [0.2, 0.25) is 15.9 Å². The third-order valence-electron chi connectivity index (χ3n) is 3.76. The Morgan fingerprint density at radius 1 is 1.23 bits per heavy atom. The Balaban J connectivity index is 1.74. The summed E-state index contributed by atoms with van der Waals surface area (Å²) < 4.78 is 31.6. The average molecular weight is 410 g/mol. The number of rotatable bonds is 6. The summed E-state index contributed by atoms with van der Waals surface area (Å²) in [6.45, 7) is 1.58. The van der Waals surface area contributed by atoms with Gasteiger partial charge in [-0.3, -0.25) is 4.79 Å². The van der Waals surface area contributed by atoms with Crippen LogP contribution in [0.4, 0.5) is 5.69 Å². The zero-order valence-corrected chi connectivity index (χ0v) is 16.2. The smallest absolute Gasteiger partial charge is 0.243 e. The number of aromatic nitrogens is 1. The molecule has 0 bridgehead atoms. The summed E-state index contributed by atoms with van der Waals surface area (Å²) in [4.78, 5) is 12.4. The van der Waals surface area contributed by atoms with E-state index in [-0.39, 0.29) is 18.0 Å². The van der Waals surface area contributed by atoms with E-state index < -0.39 is 15.9 Å². The zero-order chi connectivity index (χ0) is 18.7. The number of sulfonamides is 1. The zero-order valence-electron chi connectivity index (χ0n) is 13.8. The molecular formula is C17H16ClN3O3S2. The Hall–Kier alpha value is -2.00. The van der Waals surface area contributed by atoms with Crippen molar-refractivity contribution in [2.45, 2.75) is 11.8 Å². The van der Waals surface area contributed by atoms with Gasteiger partial charge in [-0.25, -0.2) is 8.42 Å². The van der Waals surface area contributed by atoms with Crippen molar-refractivity contribution in [2.24, 2.45) is 0 Å². The van der Waals surface area contributed by atoms with Crippen molar-refractivity contribution >= 4 is 54.8 Å². The van der Waals surface area contributed by atoms with Gasteiger partial charge < -0.3 is 5.32 Å². The Labute approximate surface area is 160 Å². The van der Waals surface area contributed by atoms with Gasteiger partial charge in [-0.2, -0.15) is 8.68 Å². The first kappa shape index (κ1) is 18.8. The first-order chi connectivity index (χ1) is 12.4. The van der Waals surface area contributed by atoms with E-state index in [9.17, 15) is 13.2 Å². The topological polar surface area (TPSA) is 79.4 Å². The molecule has 2 aromatic carbocycles. The third kappa shape index (κ3) is 4.04. The average Bonchev–Trinajstić information content (AvgIpc) is 3.07. The molecule has 0 aliphatic carbocycles. The first-order valence-corrected chi connectivity index (χ1v) is 10.4. The fourth-order valence-corrected chi connectivity index (χ4v) is 4.59. The maximum absolute atomic E-state index is 12.7. The summed E-state index contributed by atoms with van der Waals surface area (Å²) in [6, 6.07) is 11.3. The van der Waals surface area contributed by atoms with Gasteiger partial charge in [-0.1, -0.05) is 18.5 Å². The Morgan fingerprint density at radius 2 is 1.96 bits per heavy atom. The molecule has 0 fully saturated rings. The molecule has 0 saturated heterocycles. The minimum atomic E-state index is -3.78. The number of carbonyl (C=O) groups excluding carboxylic acids is 1. The number of amides is 1. The van der Waals surface area contributed by atoms with Crippen LogP contribution >= 0.6 is 23.1 Å². The van der Waals surface area contributed by atoms with Gasteiger partial charge in [-0.15, -0.1) is 0 Å². The largest absolute Gasteiger partial charge is 0.325 e. The molecule has 0 spiro atoms. The van der Waals surface area contributed by atoms with Gasteiger partial charge in [0.15, 0.2) is 0 Å². The second kappa shape index (κ2) is 7.71. The minimum Gasteiger partial charge on any atom is -0.325 e. The lowest BCUT2D eigenvalue weighted by atomic mass is 10.2. The van der Waals surface area contributed by atoms with E-state index in [1.54, 1.807) is 25.3 Å². The van der Waals surface area contributed by atoms with E-state index in [0.717, 1.165) is 14.4 Å². The molecule has 136 valence electrons. The standard InChI is InChI=1S/C17H16ClN3O3S2/c1-2-21(26(23,24)15-6-3-13(18)4-7-15)11-17(22)20-14-5-8-16-12(9-14)10-19-25-16/h3-10H,2,11H2,1H3,(H,20,22). The van der Waals surface area contributed by atoms with Crippen molar-refractivity contribution in [3.63, 3.8) is 0 Å². The molecule has 1 amide bonds. The molecule has 1 heterocycles. The van der Waals surface area contributed by atoms with Crippen LogP contribution in [0.1, 0.15) is 6.92 Å². The van der Waals surface area contributed by atoms with Gasteiger partial charge in [0.05, 0.1) is 16.1 Å². The van der Waals surface area contributed by atoms with Gasteiger partial charge in [0.25, 0.3) is 0 Å². The molecule has 0 atom stereocenters. The molecule has 0 aliphatic rings. The van der Waals surface area contributed by atoms with Crippen molar-refractivity contribution in [2.75, 3.05) is 18.4 Å². The van der Waals surface area contributed by atoms with Crippen LogP contribution in [0.25, 0.3) is 10.1 Å². The number of halogens is 1. The molecular weight excluding hydrogens is 394 g/mol. The van der Waals surface area contributed by atoms with E-state index >= 15 is 0 Å². The highest BCUT2D eigenvalue weighted by Gasteiger charge is 2.25. The Kier molecular flexibility index (Phi) is 5.57. The monoisotopic (exact) mass is 409 g/mol. The summed E-state index contributed by atoms with van der Waals surface area (Å²) in [7, 11) is -3.78. The molecule has 0 aliphatic heterocycles. The molecule has 1 aromatic heterocycles. The molecule has 3 rings (SSSR count). The van der Waals surface area contributed by atoms with Crippen LogP contribution in [-0.2, 0) is 14.8 Å². The second-order valence-corrected chi connectivity index (χ2v) is 8.72. The van der Waals surface area contributed by atoms with Crippen LogP contribution < -0.4 is 5.32 Å². The second-order valence-electron chi connectivity index (χ2n) is 5.51. The predicted octanol–water partition coefficient (Wildman–Crippen LogP) is 3.60. The van der Waals surface area contributed by atoms with Gasteiger partial charge >= 0.3 is 0 Å². The van der Waals surface area contributed by atoms with E-state index in [0.29, 0.717) is 10.7 Å². The van der Waals surface area contributed by atoms with Crippen molar-refractivity contribution in [1.29, 1.82) is 0 Å². The minimum absolute atomic E-state index is 0.0994. The molecule has 0 saturated carbocycles. The highest BCUT2D eigenvalue weighted by Crippen LogP contribution is 2.22. The normalized spacial score (nSPS) is 11.8. The van der Waals surface area contributed by atoms with E-state index in [1.807, 2.05) is 6.07 Å². The highest BCUT2D eigenvalue weighted by molar-refractivity contribution is 7.89. The van der Waals surface area contributed by atoms with Gasteiger partial charge in [-0.05, 0) is 54.0 Å². The lowest BCUT2D eigenvalue weighted by molar-refractivity contribution is -0.116. The number of anilines is 1. The maximum atomic E-state index is 12.7. The van der Waals surface area contributed by atoms with Crippen LogP contribution in [0.3, 0.4) is 0 Å². The molecule has 0 radical (unpaired) electrons. The molecule has 3 aromatic rings. The summed E-state index contributed by atoms with van der Waals surface area (Å²) in [5.74, 6) is -0.410. The van der Waals surface area contributed by atoms with Gasteiger partial charge in [0.1, 0.15) is 0 Å². The fraction of sp³-hybridized carbons (Fsp3) is 0.176. The van der Waals surface area contributed by atoms with Crippen molar-refractivity contribution in [3.8, 4) is 0 Å². The van der Waals surface area contributed by atoms with E-state index in [4.69, 9.17) is 11.6 Å². The molecule has 0 unspecified atom stereocenters. The molecule has 26 heavy (non-hydrogen) atoms. The number of hydrogen-bond acceptors (Lipinski definition) is 5. The predicted molar refractivity (Wildman–Crippen MR) is 104 cm³/mol. The van der Waals surface area contributed by atoms with Crippen LogP contribution in [-0.4, -0.2) is 36.1 Å². The number of likely N-dealkylation sites (N-methyl/N-ethyl adjacent to an activating group) is 1. The number of benzene rings is 2. The van der Waals surface area contributed by atoms with Crippen molar-refractivity contribution in [1.82, 2.24) is 8.68 Å². The number of hydrogen-bond donors (Lipinski definition) is 1. The summed E-state index contributed by atoms with van der Waals surface area (Å²) in [6.07, 6.45) is 1.72. The highest BCUT2D eigenvalue weighted by atomic mass is 35.5. The van der Waals surface area contributed by atoms with Crippen LogP contribution in [0.15, 0.2) is 53.6 Å². The molecule has 9 heteroatoms. The first-order valence-electron chi connectivity index (χ1n) is 7.80. The SMILES string of the molecule is CCN(CC(=O)Nc1ccc2sncc2c1)S(=O)(=O)c1ccc(Cl)cc1. The summed E-state index contributed by atoms with van der Waals surface area (Å²) in [5, 5.41) is 4.10. The maximum Gasteiger partial charge on any atom is 0.243 e. The number of nitrogens with one attached hydrogen (secondary N) is 1. The number of nitrogens with zero attached hydrogens (tertiary/aromatic N) is 2. The van der Waals surface area contributed by atoms with E-state index in [1.165, 1.54) is 35.8 Å². The summed E-state index contributed by atoms with van der Waals surface area (Å²) in [5.41, 5.74) is 0.600. The van der Waals surface area contributed by atoms with Crippen molar-refractivity contribution < 1.29 is 13.2 Å². The van der Waals surface area contributed by atoms with Crippen LogP contribution in [0.5, 0.6) is 0 Å². The quantitative estimate of drug-likeness (QED) is 0.674. The fourth-order valence-electron chi connectivity index (χ4n) is 2.43. The van der Waals surface area contributed by atoms with E-state index in [2.05, 4.69) is 9.69 Å². The number of fused-ring (bicyclic) bond motifs is 1. The van der Waals surface area contributed by atoms with Gasteiger partial charge in [0, 0.05) is 28.8 Å². The van der Waals surface area contributed by atoms with Crippen molar-refractivity contribution in [3.05, 3.63) is 53.7 Å². The van der Waals surface area contributed by atoms with Crippen LogP contribution in [0.2, 0.25) is 5.02 Å². The molecule has 1 N–H and O–H groups in total. The lowest BCUT2D eigenvalue weighted by Crippen LogP contribution is -2.37. The molecule has 6 nitrogen and oxygen atoms in total. The Bertz CT molecular complexity index is 1030. The third-order valence-corrected chi connectivity index (χ3v) is 6.73. The Morgan fingerprint density at radius 3 is 2.65 bits per heavy atom. The summed E-state index contributed by atoms with van der Waals surface area (Å²) >= 11 is 7.18. The van der Waals surface area contributed by atoms with Crippen LogP contribution in [0, 0.1) is 0 Å². The number of carbonyl (C=O) groups is 1.